The number of amides is 2. The maximum absolute atomic E-state index is 12.6. The van der Waals surface area contributed by atoms with Crippen molar-refractivity contribution in [1.29, 1.82) is 0 Å². The van der Waals surface area contributed by atoms with E-state index in [0.717, 1.165) is 28.0 Å². The number of carbonyl (C=O) groups is 2. The van der Waals surface area contributed by atoms with Crippen molar-refractivity contribution in [1.82, 2.24) is 4.90 Å². The highest BCUT2D eigenvalue weighted by Crippen LogP contribution is 2.33. The number of thioether (sulfide) groups is 1. The zero-order valence-corrected chi connectivity index (χ0v) is 15.5. The van der Waals surface area contributed by atoms with Crippen molar-refractivity contribution >= 4 is 57.8 Å². The van der Waals surface area contributed by atoms with E-state index in [4.69, 9.17) is 28.6 Å². The molecule has 1 heterocycles. The van der Waals surface area contributed by atoms with Gasteiger partial charge in [-0.3, -0.25) is 9.59 Å². The number of nitrogens with zero attached hydrogens (tertiary/aromatic N) is 1. The summed E-state index contributed by atoms with van der Waals surface area (Å²) in [6.45, 7) is 0. The summed E-state index contributed by atoms with van der Waals surface area (Å²) in [6, 6.07) is 13.6. The monoisotopic (exact) mass is 389 g/mol. The third-order valence-electron chi connectivity index (χ3n) is 3.50. The minimum absolute atomic E-state index is 0.213. The second kappa shape index (κ2) is 7.39. The first kappa shape index (κ1) is 17.7. The Balaban J connectivity index is 1.85. The van der Waals surface area contributed by atoms with Crippen molar-refractivity contribution in [2.24, 2.45) is 0 Å². The number of ether oxygens (including phenoxy) is 1. The Labute approximate surface area is 159 Å². The zero-order chi connectivity index (χ0) is 18.0. The molecule has 2 aromatic rings. The molecular weight excluding hydrogens is 378 g/mol. The van der Waals surface area contributed by atoms with Crippen molar-refractivity contribution in [2.45, 2.75) is 0 Å². The maximum Gasteiger partial charge on any atom is 0.273 e. The maximum atomic E-state index is 12.6. The minimum atomic E-state index is -0.461. The van der Waals surface area contributed by atoms with Crippen LogP contribution in [0, 0.1) is 0 Å². The summed E-state index contributed by atoms with van der Waals surface area (Å²) in [6.07, 6.45) is 1.70. The smallest absolute Gasteiger partial charge is 0.273 e. The van der Waals surface area contributed by atoms with Gasteiger partial charge in [-0.1, -0.05) is 47.7 Å². The van der Waals surface area contributed by atoms with Gasteiger partial charge in [0.25, 0.3) is 11.8 Å². The molecule has 0 N–H and O–H groups in total. The summed E-state index contributed by atoms with van der Waals surface area (Å²) in [4.78, 5) is 26.6. The lowest BCUT2D eigenvalue weighted by Crippen LogP contribution is -2.34. The SMILES string of the molecule is COc1ccc(/C=C2\SC(=S)N(C(=O)c3ccc(Cl)cc3)C2=O)cc1. The second-order valence-corrected chi connectivity index (χ2v) is 7.21. The number of rotatable bonds is 3. The number of benzene rings is 2. The number of thiocarbonyl (C=S) groups is 1. The third kappa shape index (κ3) is 3.76. The Morgan fingerprint density at radius 2 is 1.80 bits per heavy atom. The zero-order valence-electron chi connectivity index (χ0n) is 13.1. The van der Waals surface area contributed by atoms with Crippen LogP contribution >= 0.6 is 35.6 Å². The Morgan fingerprint density at radius 1 is 1.16 bits per heavy atom. The van der Waals surface area contributed by atoms with Gasteiger partial charge < -0.3 is 4.74 Å². The van der Waals surface area contributed by atoms with Crippen LogP contribution in [0.4, 0.5) is 0 Å². The number of halogens is 1. The molecule has 1 saturated heterocycles. The van der Waals surface area contributed by atoms with Gasteiger partial charge in [0.2, 0.25) is 0 Å². The molecular formula is C18H12ClNO3S2. The van der Waals surface area contributed by atoms with E-state index in [1.165, 1.54) is 0 Å². The van der Waals surface area contributed by atoms with Crippen LogP contribution < -0.4 is 4.74 Å². The molecule has 126 valence electrons. The predicted octanol–water partition coefficient (Wildman–Crippen LogP) is 4.39. The molecule has 2 aromatic carbocycles. The highest BCUT2D eigenvalue weighted by molar-refractivity contribution is 8.26. The molecule has 1 fully saturated rings. The summed E-state index contributed by atoms with van der Waals surface area (Å²) in [5.41, 5.74) is 1.17. The van der Waals surface area contributed by atoms with E-state index in [1.807, 2.05) is 12.1 Å². The largest absolute Gasteiger partial charge is 0.497 e. The van der Waals surface area contributed by atoms with Crippen LogP contribution in [0.2, 0.25) is 5.02 Å². The normalized spacial score (nSPS) is 15.8. The molecule has 25 heavy (non-hydrogen) atoms. The van der Waals surface area contributed by atoms with Gasteiger partial charge in [-0.15, -0.1) is 0 Å². The van der Waals surface area contributed by atoms with Gasteiger partial charge in [0.15, 0.2) is 4.32 Å². The van der Waals surface area contributed by atoms with Gasteiger partial charge in [-0.05, 0) is 48.0 Å². The molecule has 0 spiro atoms. The Kier molecular flexibility index (Phi) is 5.22. The van der Waals surface area contributed by atoms with Crippen molar-refractivity contribution in [3.8, 4) is 5.75 Å². The molecule has 7 heteroatoms. The van der Waals surface area contributed by atoms with E-state index in [-0.39, 0.29) is 4.32 Å². The van der Waals surface area contributed by atoms with Gasteiger partial charge in [-0.2, -0.15) is 0 Å². The summed E-state index contributed by atoms with van der Waals surface area (Å²) >= 11 is 12.1. The lowest BCUT2D eigenvalue weighted by Gasteiger charge is -2.12. The molecule has 0 atom stereocenters. The number of hydrogen-bond acceptors (Lipinski definition) is 5. The lowest BCUT2D eigenvalue weighted by molar-refractivity contribution is -0.120. The third-order valence-corrected chi connectivity index (χ3v) is 5.06. The fourth-order valence-electron chi connectivity index (χ4n) is 2.22. The van der Waals surface area contributed by atoms with Gasteiger partial charge in [0, 0.05) is 10.6 Å². The number of methoxy groups -OCH3 is 1. The van der Waals surface area contributed by atoms with Gasteiger partial charge >= 0.3 is 0 Å². The fourth-order valence-corrected chi connectivity index (χ4v) is 3.60. The Morgan fingerprint density at radius 3 is 2.40 bits per heavy atom. The molecule has 0 aliphatic carbocycles. The van der Waals surface area contributed by atoms with E-state index in [1.54, 1.807) is 49.6 Å². The average molecular weight is 390 g/mol. The highest BCUT2D eigenvalue weighted by atomic mass is 35.5. The second-order valence-electron chi connectivity index (χ2n) is 5.10. The lowest BCUT2D eigenvalue weighted by atomic mass is 10.2. The number of hydrogen-bond donors (Lipinski definition) is 0. The molecule has 0 saturated carbocycles. The van der Waals surface area contributed by atoms with Crippen molar-refractivity contribution in [3.05, 3.63) is 69.6 Å². The molecule has 0 radical (unpaired) electrons. The summed E-state index contributed by atoms with van der Waals surface area (Å²) in [5, 5.41) is 0.515. The molecule has 2 amide bonds. The summed E-state index contributed by atoms with van der Waals surface area (Å²) in [7, 11) is 1.59. The Bertz CT molecular complexity index is 876. The fraction of sp³-hybridized carbons (Fsp3) is 0.0556. The Hall–Kier alpha value is -2.15. The van der Waals surface area contributed by atoms with Crippen molar-refractivity contribution < 1.29 is 14.3 Å². The topological polar surface area (TPSA) is 46.6 Å². The molecule has 3 rings (SSSR count). The molecule has 0 unspecified atom stereocenters. The standard InChI is InChI=1S/C18H12ClNO3S2/c1-23-14-8-2-11(3-9-14)10-15-17(22)20(18(24)25-15)16(21)12-4-6-13(19)7-5-12/h2-10H,1H3/b15-10-. The predicted molar refractivity (Wildman–Crippen MR) is 104 cm³/mol. The summed E-state index contributed by atoms with van der Waals surface area (Å²) in [5.74, 6) is -0.161. The number of imide groups is 1. The van der Waals surface area contributed by atoms with Crippen LogP contribution in [-0.2, 0) is 4.79 Å². The van der Waals surface area contributed by atoms with E-state index >= 15 is 0 Å². The average Bonchev–Trinajstić information content (AvgIpc) is 2.89. The first-order valence-electron chi connectivity index (χ1n) is 7.21. The molecule has 0 bridgehead atoms. The quantitative estimate of drug-likeness (QED) is 0.442. The molecule has 1 aliphatic heterocycles. The first-order chi connectivity index (χ1) is 12.0. The van der Waals surface area contributed by atoms with E-state index in [2.05, 4.69) is 0 Å². The highest BCUT2D eigenvalue weighted by Gasteiger charge is 2.37. The van der Waals surface area contributed by atoms with Crippen LogP contribution in [-0.4, -0.2) is 28.1 Å². The van der Waals surface area contributed by atoms with Crippen LogP contribution in [0.15, 0.2) is 53.4 Å². The van der Waals surface area contributed by atoms with Crippen LogP contribution in [0.5, 0.6) is 5.75 Å². The molecule has 4 nitrogen and oxygen atoms in total. The summed E-state index contributed by atoms with van der Waals surface area (Å²) < 4.78 is 5.32. The van der Waals surface area contributed by atoms with Gasteiger partial charge in [-0.25, -0.2) is 4.90 Å². The molecule has 1 aliphatic rings. The van der Waals surface area contributed by atoms with Crippen LogP contribution in [0.1, 0.15) is 15.9 Å². The first-order valence-corrected chi connectivity index (χ1v) is 8.82. The van der Waals surface area contributed by atoms with E-state index < -0.39 is 11.8 Å². The van der Waals surface area contributed by atoms with Gasteiger partial charge in [0.05, 0.1) is 12.0 Å². The van der Waals surface area contributed by atoms with Crippen LogP contribution in [0.25, 0.3) is 6.08 Å². The van der Waals surface area contributed by atoms with Gasteiger partial charge in [0.1, 0.15) is 5.75 Å². The van der Waals surface area contributed by atoms with E-state index in [0.29, 0.717) is 15.5 Å². The minimum Gasteiger partial charge on any atom is -0.497 e. The molecule has 0 aromatic heterocycles. The van der Waals surface area contributed by atoms with E-state index in [9.17, 15) is 9.59 Å². The van der Waals surface area contributed by atoms with Crippen molar-refractivity contribution in [3.63, 3.8) is 0 Å². The van der Waals surface area contributed by atoms with Crippen molar-refractivity contribution in [2.75, 3.05) is 7.11 Å². The number of carbonyl (C=O) groups excluding carboxylic acids is 2. The van der Waals surface area contributed by atoms with Crippen LogP contribution in [0.3, 0.4) is 0 Å².